The molecule has 52 valence electrons. The van der Waals surface area contributed by atoms with Gasteiger partial charge in [-0.1, -0.05) is 24.3 Å². The molecule has 0 aromatic rings. The maximum Gasteiger partial charge on any atom is 0.0116 e. The molecule has 9 heavy (non-hydrogen) atoms. The van der Waals surface area contributed by atoms with Crippen molar-refractivity contribution in [1.82, 2.24) is 0 Å². The van der Waals surface area contributed by atoms with Crippen LogP contribution in [0.5, 0.6) is 0 Å². The first-order chi connectivity index (χ1) is 4.41. The maximum atomic E-state index is 2.17. The summed E-state index contributed by atoms with van der Waals surface area (Å²) in [6, 6.07) is 0. The first-order valence-electron chi connectivity index (χ1n) is 3.22. The smallest absolute Gasteiger partial charge is 0.0116 e. The van der Waals surface area contributed by atoms with E-state index in [1.165, 1.54) is 0 Å². The van der Waals surface area contributed by atoms with Gasteiger partial charge in [0.1, 0.15) is 0 Å². The lowest BCUT2D eigenvalue weighted by atomic mass is 10.6. The zero-order valence-corrected chi connectivity index (χ0v) is 6.95. The Hall–Kier alpha value is -0.170. The molecule has 0 rings (SSSR count). The van der Waals surface area contributed by atoms with E-state index in [1.54, 1.807) is 0 Å². The van der Waals surface area contributed by atoms with Crippen molar-refractivity contribution < 1.29 is 0 Å². The molecular weight excluding hydrogens is 128 g/mol. The van der Waals surface area contributed by atoms with Crippen LogP contribution in [0.25, 0.3) is 0 Å². The molecule has 0 N–H and O–H groups in total. The number of hydrogen-bond acceptors (Lipinski definition) is 1. The van der Waals surface area contributed by atoms with Gasteiger partial charge in [-0.3, -0.25) is 0 Å². The average molecular weight is 142 g/mol. The van der Waals surface area contributed by atoms with Crippen LogP contribution in [0.4, 0.5) is 0 Å². The predicted octanol–water partition coefficient (Wildman–Crippen LogP) is 2.87. The molecule has 0 heterocycles. The first-order valence-corrected chi connectivity index (χ1v) is 4.37. The van der Waals surface area contributed by atoms with Crippen molar-refractivity contribution in [3.05, 3.63) is 24.3 Å². The molecular formula is C8H14S. The van der Waals surface area contributed by atoms with Crippen LogP contribution in [0, 0.1) is 0 Å². The standard InChI is InChI=1S/C8H14S/c1-3-5-7-9-8-6-4-2/h3-6H,7-8H2,1-2H3/b5-3+,6-4+. The van der Waals surface area contributed by atoms with Crippen LogP contribution in [-0.2, 0) is 0 Å². The fraction of sp³-hybridized carbons (Fsp3) is 0.500. The molecule has 0 atom stereocenters. The molecule has 0 bridgehead atoms. The van der Waals surface area contributed by atoms with Gasteiger partial charge >= 0.3 is 0 Å². The quantitative estimate of drug-likeness (QED) is 0.429. The zero-order chi connectivity index (χ0) is 6.95. The second kappa shape index (κ2) is 7.83. The van der Waals surface area contributed by atoms with Gasteiger partial charge in [0.25, 0.3) is 0 Å². The number of thioether (sulfide) groups is 1. The lowest BCUT2D eigenvalue weighted by Gasteiger charge is -1.87. The minimum Gasteiger partial charge on any atom is -0.154 e. The summed E-state index contributed by atoms with van der Waals surface area (Å²) in [5.41, 5.74) is 0. The van der Waals surface area contributed by atoms with Gasteiger partial charge in [0.2, 0.25) is 0 Å². The van der Waals surface area contributed by atoms with Crippen molar-refractivity contribution >= 4 is 11.8 Å². The van der Waals surface area contributed by atoms with E-state index in [0.717, 1.165) is 11.5 Å². The van der Waals surface area contributed by atoms with Crippen LogP contribution >= 0.6 is 11.8 Å². The van der Waals surface area contributed by atoms with E-state index in [4.69, 9.17) is 0 Å². The summed E-state index contributed by atoms with van der Waals surface area (Å²) in [7, 11) is 0. The van der Waals surface area contributed by atoms with Crippen LogP contribution in [0.15, 0.2) is 24.3 Å². The van der Waals surface area contributed by atoms with Gasteiger partial charge in [-0.2, -0.15) is 11.8 Å². The molecule has 0 aromatic heterocycles. The Kier molecular flexibility index (Phi) is 7.68. The highest BCUT2D eigenvalue weighted by atomic mass is 32.2. The Bertz CT molecular complexity index is 80.7. The van der Waals surface area contributed by atoms with E-state index < -0.39 is 0 Å². The average Bonchev–Trinajstić information content (AvgIpc) is 1.89. The Balaban J connectivity index is 2.91. The van der Waals surface area contributed by atoms with Crippen molar-refractivity contribution in [2.45, 2.75) is 13.8 Å². The van der Waals surface area contributed by atoms with E-state index >= 15 is 0 Å². The summed E-state index contributed by atoms with van der Waals surface area (Å²) >= 11 is 1.93. The summed E-state index contributed by atoms with van der Waals surface area (Å²) in [6.45, 7) is 4.10. The van der Waals surface area contributed by atoms with Crippen LogP contribution in [0.2, 0.25) is 0 Å². The third-order valence-electron chi connectivity index (χ3n) is 0.900. The van der Waals surface area contributed by atoms with Crippen LogP contribution in [0.3, 0.4) is 0 Å². The molecule has 0 unspecified atom stereocenters. The van der Waals surface area contributed by atoms with Crippen molar-refractivity contribution in [2.75, 3.05) is 11.5 Å². The third kappa shape index (κ3) is 7.83. The van der Waals surface area contributed by atoms with Gasteiger partial charge in [0.05, 0.1) is 0 Å². The molecule has 0 amide bonds. The largest absolute Gasteiger partial charge is 0.154 e. The molecule has 0 aliphatic heterocycles. The lowest BCUT2D eigenvalue weighted by molar-refractivity contribution is 1.62. The topological polar surface area (TPSA) is 0 Å². The summed E-state index contributed by atoms with van der Waals surface area (Å²) in [5, 5.41) is 0. The normalized spacial score (nSPS) is 11.8. The fourth-order valence-electron chi connectivity index (χ4n) is 0.397. The Morgan fingerprint density at radius 3 is 1.78 bits per heavy atom. The Labute approximate surface area is 62.0 Å². The molecule has 0 aliphatic carbocycles. The molecule has 0 spiro atoms. The minimum atomic E-state index is 1.14. The minimum absolute atomic E-state index is 1.14. The predicted molar refractivity (Wildman–Crippen MR) is 47.0 cm³/mol. The molecule has 0 radical (unpaired) electrons. The van der Waals surface area contributed by atoms with Gasteiger partial charge in [-0.05, 0) is 13.8 Å². The molecule has 0 saturated carbocycles. The van der Waals surface area contributed by atoms with E-state index in [-0.39, 0.29) is 0 Å². The van der Waals surface area contributed by atoms with Crippen molar-refractivity contribution in [3.63, 3.8) is 0 Å². The van der Waals surface area contributed by atoms with Gasteiger partial charge in [-0.15, -0.1) is 0 Å². The second-order valence-electron chi connectivity index (χ2n) is 1.68. The highest BCUT2D eigenvalue weighted by molar-refractivity contribution is 7.99. The molecule has 0 aromatic carbocycles. The number of allylic oxidation sites excluding steroid dienone is 2. The van der Waals surface area contributed by atoms with Crippen molar-refractivity contribution in [3.8, 4) is 0 Å². The summed E-state index contributed by atoms with van der Waals surface area (Å²) < 4.78 is 0. The third-order valence-corrected chi connectivity index (χ3v) is 1.76. The Morgan fingerprint density at radius 1 is 1.00 bits per heavy atom. The van der Waals surface area contributed by atoms with Crippen LogP contribution in [0.1, 0.15) is 13.8 Å². The maximum absolute atomic E-state index is 2.17. The van der Waals surface area contributed by atoms with Crippen LogP contribution in [-0.4, -0.2) is 11.5 Å². The molecule has 1 heteroatoms. The summed E-state index contributed by atoms with van der Waals surface area (Å²) in [5.74, 6) is 2.28. The van der Waals surface area contributed by atoms with E-state index in [1.807, 2.05) is 11.8 Å². The molecule has 0 nitrogen and oxygen atoms in total. The van der Waals surface area contributed by atoms with Crippen LogP contribution < -0.4 is 0 Å². The molecule has 0 fully saturated rings. The van der Waals surface area contributed by atoms with Gasteiger partial charge < -0.3 is 0 Å². The lowest BCUT2D eigenvalue weighted by Crippen LogP contribution is -1.72. The SMILES string of the molecule is C/C=C/CSC/C=C/C. The van der Waals surface area contributed by atoms with Gasteiger partial charge in [-0.25, -0.2) is 0 Å². The van der Waals surface area contributed by atoms with Crippen molar-refractivity contribution in [2.24, 2.45) is 0 Å². The summed E-state index contributed by atoms with van der Waals surface area (Å²) in [4.78, 5) is 0. The number of rotatable bonds is 4. The fourth-order valence-corrected chi connectivity index (χ4v) is 1.19. The van der Waals surface area contributed by atoms with Crippen molar-refractivity contribution in [1.29, 1.82) is 0 Å². The van der Waals surface area contributed by atoms with Gasteiger partial charge in [0.15, 0.2) is 0 Å². The highest BCUT2D eigenvalue weighted by Gasteiger charge is 1.76. The molecule has 0 aliphatic rings. The monoisotopic (exact) mass is 142 g/mol. The zero-order valence-electron chi connectivity index (χ0n) is 6.13. The highest BCUT2D eigenvalue weighted by Crippen LogP contribution is 1.99. The van der Waals surface area contributed by atoms with E-state index in [9.17, 15) is 0 Å². The first kappa shape index (κ1) is 8.83. The number of hydrogen-bond donors (Lipinski definition) is 0. The van der Waals surface area contributed by atoms with Gasteiger partial charge in [0, 0.05) is 11.5 Å². The molecule has 0 saturated heterocycles. The van der Waals surface area contributed by atoms with E-state index in [0.29, 0.717) is 0 Å². The summed E-state index contributed by atoms with van der Waals surface area (Å²) in [6.07, 6.45) is 8.52. The van der Waals surface area contributed by atoms with E-state index in [2.05, 4.69) is 38.2 Å². The Morgan fingerprint density at radius 2 is 1.44 bits per heavy atom. The second-order valence-corrected chi connectivity index (χ2v) is 2.75.